The predicted octanol–water partition coefficient (Wildman–Crippen LogP) is 3.75. The Balaban J connectivity index is 2.04. The van der Waals surface area contributed by atoms with Crippen LogP contribution in [0, 0.1) is 5.92 Å². The highest BCUT2D eigenvalue weighted by Gasteiger charge is 2.24. The second kappa shape index (κ2) is 4.67. The molecule has 3 nitrogen and oxygen atoms in total. The number of aromatic nitrogens is 2. The van der Waals surface area contributed by atoms with Crippen molar-refractivity contribution in [1.29, 1.82) is 0 Å². The largest absolute Gasteiger partial charge is 0.359 e. The van der Waals surface area contributed by atoms with Gasteiger partial charge in [-0.25, -0.2) is 4.98 Å². The lowest BCUT2D eigenvalue weighted by Gasteiger charge is -2.18. The van der Waals surface area contributed by atoms with Crippen LogP contribution in [0.3, 0.4) is 0 Å². The summed E-state index contributed by atoms with van der Waals surface area (Å²) in [7, 11) is 2.10. The number of thiophene rings is 1. The fourth-order valence-electron chi connectivity index (χ4n) is 2.17. The van der Waals surface area contributed by atoms with Crippen LogP contribution in [0.25, 0.3) is 10.2 Å². The fourth-order valence-corrected chi connectivity index (χ4v) is 3.35. The number of aryl methyl sites for hydroxylation is 1. The number of rotatable bonds is 4. The summed E-state index contributed by atoms with van der Waals surface area (Å²) in [5.41, 5.74) is 0. The van der Waals surface area contributed by atoms with Gasteiger partial charge in [-0.2, -0.15) is 4.98 Å². The Hall–Kier alpha value is -0.870. The second-order valence-corrected chi connectivity index (χ2v) is 6.38. The van der Waals surface area contributed by atoms with Gasteiger partial charge in [0, 0.05) is 18.5 Å². The highest BCUT2D eigenvalue weighted by Crippen LogP contribution is 2.35. The topological polar surface area (TPSA) is 29.0 Å². The molecule has 0 amide bonds. The van der Waals surface area contributed by atoms with Crippen LogP contribution in [0.15, 0.2) is 6.07 Å². The summed E-state index contributed by atoms with van der Waals surface area (Å²) in [5.74, 6) is 1.82. The van der Waals surface area contributed by atoms with E-state index in [1.54, 1.807) is 11.3 Å². The molecule has 0 saturated heterocycles. The van der Waals surface area contributed by atoms with Crippen LogP contribution >= 0.6 is 22.9 Å². The summed E-state index contributed by atoms with van der Waals surface area (Å²) in [6, 6.07) is 2.20. The lowest BCUT2D eigenvalue weighted by atomic mass is 10.3. The predicted molar refractivity (Wildman–Crippen MR) is 77.8 cm³/mol. The van der Waals surface area contributed by atoms with Gasteiger partial charge in [0.05, 0.1) is 5.39 Å². The molecular formula is C13H16ClN3S. The Morgan fingerprint density at radius 1 is 1.44 bits per heavy atom. The fraction of sp³-hybridized carbons (Fsp3) is 0.538. The zero-order valence-electron chi connectivity index (χ0n) is 10.6. The number of fused-ring (bicyclic) bond motifs is 1. The molecule has 96 valence electrons. The van der Waals surface area contributed by atoms with Crippen LogP contribution in [0.2, 0.25) is 5.28 Å². The first-order valence-electron chi connectivity index (χ1n) is 6.34. The van der Waals surface area contributed by atoms with E-state index < -0.39 is 0 Å². The minimum Gasteiger partial charge on any atom is -0.359 e. The van der Waals surface area contributed by atoms with Crippen LogP contribution < -0.4 is 4.90 Å². The lowest BCUT2D eigenvalue weighted by molar-refractivity contribution is 0.779. The zero-order chi connectivity index (χ0) is 12.7. The third-order valence-corrected chi connectivity index (χ3v) is 4.68. The van der Waals surface area contributed by atoms with E-state index in [2.05, 4.69) is 34.9 Å². The van der Waals surface area contributed by atoms with Gasteiger partial charge in [-0.05, 0) is 42.8 Å². The minimum atomic E-state index is 0.352. The van der Waals surface area contributed by atoms with Gasteiger partial charge in [-0.3, -0.25) is 0 Å². The van der Waals surface area contributed by atoms with Crippen molar-refractivity contribution in [1.82, 2.24) is 9.97 Å². The Morgan fingerprint density at radius 2 is 2.22 bits per heavy atom. The highest BCUT2D eigenvalue weighted by atomic mass is 35.5. The van der Waals surface area contributed by atoms with Crippen molar-refractivity contribution >= 4 is 39.0 Å². The first-order valence-corrected chi connectivity index (χ1v) is 7.54. The molecule has 0 radical (unpaired) electrons. The molecule has 0 atom stereocenters. The van der Waals surface area contributed by atoms with Gasteiger partial charge < -0.3 is 4.90 Å². The Labute approximate surface area is 116 Å². The van der Waals surface area contributed by atoms with Crippen LogP contribution in [-0.2, 0) is 6.42 Å². The molecule has 2 aromatic heterocycles. The van der Waals surface area contributed by atoms with Crippen LogP contribution in [0.5, 0.6) is 0 Å². The molecule has 1 aliphatic rings. The normalized spacial score (nSPS) is 15.3. The van der Waals surface area contributed by atoms with E-state index in [-0.39, 0.29) is 0 Å². The standard InChI is InChI=1S/C13H16ClN3S/c1-3-9-6-10-11(17(2)7-8-4-5-8)15-13(14)16-12(10)18-9/h6,8H,3-5,7H2,1-2H3. The average molecular weight is 282 g/mol. The number of hydrogen-bond acceptors (Lipinski definition) is 4. The molecule has 0 aromatic carbocycles. The molecule has 0 bridgehead atoms. The van der Waals surface area contributed by atoms with Gasteiger partial charge in [0.1, 0.15) is 10.6 Å². The molecule has 2 aromatic rings. The summed E-state index contributed by atoms with van der Waals surface area (Å²) >= 11 is 7.75. The van der Waals surface area contributed by atoms with Crippen molar-refractivity contribution in [2.75, 3.05) is 18.5 Å². The van der Waals surface area contributed by atoms with Crippen LogP contribution in [-0.4, -0.2) is 23.6 Å². The van der Waals surface area contributed by atoms with E-state index in [4.69, 9.17) is 11.6 Å². The molecule has 5 heteroatoms. The third-order valence-electron chi connectivity index (χ3n) is 3.34. The van der Waals surface area contributed by atoms with Gasteiger partial charge in [-0.15, -0.1) is 11.3 Å². The third kappa shape index (κ3) is 2.31. The van der Waals surface area contributed by atoms with Crippen molar-refractivity contribution in [3.05, 3.63) is 16.2 Å². The van der Waals surface area contributed by atoms with E-state index in [1.807, 2.05) is 0 Å². The summed E-state index contributed by atoms with van der Waals surface area (Å²) in [5, 5.41) is 1.49. The zero-order valence-corrected chi connectivity index (χ0v) is 12.2. The highest BCUT2D eigenvalue weighted by molar-refractivity contribution is 7.18. The maximum atomic E-state index is 6.03. The van der Waals surface area contributed by atoms with E-state index in [1.165, 1.54) is 17.7 Å². The molecule has 1 fully saturated rings. The monoisotopic (exact) mass is 281 g/mol. The Kier molecular flexibility index (Phi) is 3.16. The second-order valence-electron chi connectivity index (χ2n) is 4.93. The maximum absolute atomic E-state index is 6.03. The summed E-state index contributed by atoms with van der Waals surface area (Å²) in [6.07, 6.45) is 3.72. The molecule has 0 spiro atoms. The van der Waals surface area contributed by atoms with E-state index in [0.717, 1.165) is 34.9 Å². The number of anilines is 1. The molecule has 1 saturated carbocycles. The summed E-state index contributed by atoms with van der Waals surface area (Å²) in [4.78, 5) is 13.3. The number of hydrogen-bond donors (Lipinski definition) is 0. The van der Waals surface area contributed by atoms with E-state index in [0.29, 0.717) is 5.28 Å². The minimum absolute atomic E-state index is 0.352. The molecule has 0 N–H and O–H groups in total. The first kappa shape index (κ1) is 12.2. The van der Waals surface area contributed by atoms with Crippen molar-refractivity contribution in [3.63, 3.8) is 0 Å². The van der Waals surface area contributed by atoms with Gasteiger partial charge in [0.15, 0.2) is 0 Å². The van der Waals surface area contributed by atoms with Gasteiger partial charge in [-0.1, -0.05) is 6.92 Å². The molecule has 3 rings (SSSR count). The summed E-state index contributed by atoms with van der Waals surface area (Å²) < 4.78 is 0. The smallest absolute Gasteiger partial charge is 0.225 e. The van der Waals surface area contributed by atoms with Crippen molar-refractivity contribution in [2.45, 2.75) is 26.2 Å². The van der Waals surface area contributed by atoms with Gasteiger partial charge in [0.25, 0.3) is 0 Å². The van der Waals surface area contributed by atoms with E-state index >= 15 is 0 Å². The Morgan fingerprint density at radius 3 is 2.89 bits per heavy atom. The Bertz CT molecular complexity index is 577. The molecule has 0 aliphatic heterocycles. The lowest BCUT2D eigenvalue weighted by Crippen LogP contribution is -2.21. The first-order chi connectivity index (χ1) is 8.67. The van der Waals surface area contributed by atoms with Gasteiger partial charge >= 0.3 is 0 Å². The average Bonchev–Trinajstić information content (AvgIpc) is 3.05. The summed E-state index contributed by atoms with van der Waals surface area (Å²) in [6.45, 7) is 3.23. The molecular weight excluding hydrogens is 266 g/mol. The molecule has 2 heterocycles. The number of nitrogens with zero attached hydrogens (tertiary/aromatic N) is 3. The van der Waals surface area contributed by atoms with Crippen molar-refractivity contribution in [3.8, 4) is 0 Å². The van der Waals surface area contributed by atoms with Crippen molar-refractivity contribution < 1.29 is 0 Å². The molecule has 18 heavy (non-hydrogen) atoms. The van der Waals surface area contributed by atoms with Crippen LogP contribution in [0.1, 0.15) is 24.6 Å². The van der Waals surface area contributed by atoms with Crippen molar-refractivity contribution in [2.24, 2.45) is 5.92 Å². The van der Waals surface area contributed by atoms with Crippen LogP contribution in [0.4, 0.5) is 5.82 Å². The SMILES string of the molecule is CCc1cc2c(N(C)CC3CC3)nc(Cl)nc2s1. The maximum Gasteiger partial charge on any atom is 0.225 e. The molecule has 0 unspecified atom stereocenters. The molecule has 1 aliphatic carbocycles. The quantitative estimate of drug-likeness (QED) is 0.799. The van der Waals surface area contributed by atoms with Gasteiger partial charge in [0.2, 0.25) is 5.28 Å². The number of halogens is 1. The van der Waals surface area contributed by atoms with E-state index in [9.17, 15) is 0 Å².